The van der Waals surface area contributed by atoms with E-state index in [9.17, 15) is 14.4 Å². The van der Waals surface area contributed by atoms with Gasteiger partial charge in [-0.2, -0.15) is 0 Å². The summed E-state index contributed by atoms with van der Waals surface area (Å²) in [7, 11) is 2.90. The quantitative estimate of drug-likeness (QED) is 0.598. The monoisotopic (exact) mass is 491 g/mol. The topological polar surface area (TPSA) is 106 Å². The predicted octanol–water partition coefficient (Wildman–Crippen LogP) is 3.53. The molecule has 0 radical (unpaired) electrons. The number of anilines is 1. The number of carbonyl (C=O) groups excluding carboxylic acids is 3. The zero-order valence-corrected chi connectivity index (χ0v) is 19.1. The smallest absolute Gasteiger partial charge is 0.338 e. The summed E-state index contributed by atoms with van der Waals surface area (Å²) in [6.45, 7) is -0.474. The first-order valence-electron chi connectivity index (χ1n) is 9.77. The van der Waals surface area contributed by atoms with E-state index in [1.165, 1.54) is 31.3 Å². The lowest BCUT2D eigenvalue weighted by molar-refractivity contribution is -0.136. The largest absolute Gasteiger partial charge is 0.495 e. The van der Waals surface area contributed by atoms with E-state index in [0.29, 0.717) is 33.5 Å². The Morgan fingerprint density at radius 3 is 2.52 bits per heavy atom. The molecule has 1 atom stereocenters. The highest BCUT2D eigenvalue weighted by atomic mass is 35.5. The molecule has 0 fully saturated rings. The lowest BCUT2D eigenvalue weighted by Gasteiger charge is -2.32. The van der Waals surface area contributed by atoms with Crippen LogP contribution in [0.4, 0.5) is 10.5 Å². The molecule has 4 rings (SSSR count). The van der Waals surface area contributed by atoms with E-state index in [4.69, 9.17) is 37.4 Å². The van der Waals surface area contributed by atoms with Crippen molar-refractivity contribution in [2.45, 2.75) is 6.04 Å². The fourth-order valence-corrected chi connectivity index (χ4v) is 4.04. The second-order valence-electron chi connectivity index (χ2n) is 7.19. The van der Waals surface area contributed by atoms with E-state index in [1.807, 2.05) is 0 Å². The second-order valence-corrected chi connectivity index (χ2v) is 8.04. The van der Waals surface area contributed by atoms with Crippen LogP contribution in [0.2, 0.25) is 10.0 Å². The summed E-state index contributed by atoms with van der Waals surface area (Å²) >= 11 is 12.1. The minimum Gasteiger partial charge on any atom is -0.495 e. The van der Waals surface area contributed by atoms with Crippen molar-refractivity contribution in [3.63, 3.8) is 0 Å². The Kier molecular flexibility index (Phi) is 6.35. The van der Waals surface area contributed by atoms with Crippen LogP contribution in [-0.4, -0.2) is 50.2 Å². The van der Waals surface area contributed by atoms with Crippen LogP contribution < -0.4 is 20.1 Å². The fourth-order valence-electron chi connectivity index (χ4n) is 3.67. The molecular weight excluding hydrogens is 473 g/mol. The van der Waals surface area contributed by atoms with Crippen molar-refractivity contribution in [3.05, 3.63) is 63.3 Å². The summed E-state index contributed by atoms with van der Waals surface area (Å²) in [4.78, 5) is 39.3. The Morgan fingerprint density at radius 2 is 1.85 bits per heavy atom. The zero-order valence-electron chi connectivity index (χ0n) is 17.6. The van der Waals surface area contributed by atoms with Gasteiger partial charge in [0.2, 0.25) is 5.91 Å². The van der Waals surface area contributed by atoms with E-state index in [2.05, 4.69) is 10.6 Å². The van der Waals surface area contributed by atoms with Crippen molar-refractivity contribution in [3.8, 4) is 11.5 Å². The molecule has 2 N–H and O–H groups in total. The van der Waals surface area contributed by atoms with Crippen molar-refractivity contribution in [1.29, 1.82) is 0 Å². The van der Waals surface area contributed by atoms with Crippen LogP contribution in [-0.2, 0) is 14.3 Å². The van der Waals surface area contributed by atoms with Gasteiger partial charge in [0, 0.05) is 11.1 Å². The average molecular weight is 492 g/mol. The van der Waals surface area contributed by atoms with Gasteiger partial charge in [0.1, 0.15) is 24.7 Å². The van der Waals surface area contributed by atoms with Gasteiger partial charge in [0.05, 0.1) is 42.2 Å². The maximum Gasteiger partial charge on any atom is 0.338 e. The van der Waals surface area contributed by atoms with Gasteiger partial charge in [-0.3, -0.25) is 9.69 Å². The van der Waals surface area contributed by atoms with E-state index in [0.717, 1.165) is 0 Å². The number of ether oxygens (including phenoxy) is 3. The normalized spacial score (nSPS) is 17.3. The van der Waals surface area contributed by atoms with Crippen LogP contribution in [0.3, 0.4) is 0 Å². The standard InChI is InChI=1S/C22H19Cl2N3O6/c1-31-16-8-17(32-2)14(7-13(16)24)25-18(28)9-27-15-10-33-21(29)19(15)20(26-22(27)30)11-3-5-12(23)6-4-11/h3-8,20H,9-10H2,1-2H3,(H,25,28)(H,26,30). The second kappa shape index (κ2) is 9.21. The lowest BCUT2D eigenvalue weighted by Crippen LogP contribution is -2.49. The Bertz CT molecular complexity index is 1170. The predicted molar refractivity (Wildman–Crippen MR) is 121 cm³/mol. The molecule has 0 saturated carbocycles. The number of hydrogen-bond donors (Lipinski definition) is 2. The van der Waals surface area contributed by atoms with Gasteiger partial charge in [0.15, 0.2) is 0 Å². The van der Waals surface area contributed by atoms with Gasteiger partial charge in [-0.15, -0.1) is 0 Å². The number of nitrogens with zero attached hydrogens (tertiary/aromatic N) is 1. The van der Waals surface area contributed by atoms with Crippen molar-refractivity contribution < 1.29 is 28.6 Å². The molecule has 2 aromatic carbocycles. The van der Waals surface area contributed by atoms with Crippen molar-refractivity contribution in [2.75, 3.05) is 32.7 Å². The number of benzene rings is 2. The highest BCUT2D eigenvalue weighted by Gasteiger charge is 2.42. The molecule has 2 aliphatic rings. The van der Waals surface area contributed by atoms with Gasteiger partial charge >= 0.3 is 12.0 Å². The van der Waals surface area contributed by atoms with Gasteiger partial charge in [-0.1, -0.05) is 35.3 Å². The van der Waals surface area contributed by atoms with Gasteiger partial charge < -0.3 is 24.8 Å². The fraction of sp³-hybridized carbons (Fsp3) is 0.227. The molecule has 11 heteroatoms. The maximum absolute atomic E-state index is 12.9. The molecule has 0 saturated heterocycles. The number of methoxy groups -OCH3 is 2. The number of halogens is 2. The number of amides is 3. The highest BCUT2D eigenvalue weighted by molar-refractivity contribution is 6.32. The number of nitrogens with one attached hydrogen (secondary N) is 2. The average Bonchev–Trinajstić information content (AvgIpc) is 3.18. The van der Waals surface area contributed by atoms with E-state index >= 15 is 0 Å². The van der Waals surface area contributed by atoms with Crippen LogP contribution in [0.5, 0.6) is 11.5 Å². The summed E-state index contributed by atoms with van der Waals surface area (Å²) in [5, 5.41) is 6.23. The third-order valence-electron chi connectivity index (χ3n) is 5.25. The number of hydrogen-bond acceptors (Lipinski definition) is 6. The number of urea groups is 1. The van der Waals surface area contributed by atoms with Crippen molar-refractivity contribution in [1.82, 2.24) is 10.2 Å². The van der Waals surface area contributed by atoms with Crippen LogP contribution in [0.1, 0.15) is 11.6 Å². The molecular formula is C22H19Cl2N3O6. The molecule has 2 heterocycles. The van der Waals surface area contributed by atoms with Gasteiger partial charge in [-0.05, 0) is 23.8 Å². The van der Waals surface area contributed by atoms with Crippen molar-refractivity contribution in [2.24, 2.45) is 0 Å². The maximum atomic E-state index is 12.9. The molecule has 2 aromatic rings. The highest BCUT2D eigenvalue weighted by Crippen LogP contribution is 2.37. The summed E-state index contributed by atoms with van der Waals surface area (Å²) in [5.41, 5.74) is 1.58. The van der Waals surface area contributed by atoms with E-state index in [1.54, 1.807) is 24.3 Å². The third kappa shape index (κ3) is 4.42. The summed E-state index contributed by atoms with van der Waals surface area (Å²) in [6.07, 6.45) is 0. The minimum atomic E-state index is -0.709. The molecule has 33 heavy (non-hydrogen) atoms. The molecule has 0 bridgehead atoms. The first-order valence-corrected chi connectivity index (χ1v) is 10.5. The van der Waals surface area contributed by atoms with Crippen LogP contribution in [0, 0.1) is 0 Å². The molecule has 2 aliphatic heterocycles. The number of carbonyl (C=O) groups is 3. The summed E-state index contributed by atoms with van der Waals surface area (Å²) in [6, 6.07) is 8.52. The lowest BCUT2D eigenvalue weighted by atomic mass is 9.96. The Balaban J connectivity index is 1.58. The SMILES string of the molecule is COc1cc(OC)c(NC(=O)CN2C(=O)NC(c3ccc(Cl)cc3)C3=C2COC3=O)cc1Cl. The molecule has 0 aromatic heterocycles. The van der Waals surface area contributed by atoms with Crippen LogP contribution in [0.15, 0.2) is 47.7 Å². The number of cyclic esters (lactones) is 1. The third-order valence-corrected chi connectivity index (χ3v) is 5.80. The van der Waals surface area contributed by atoms with Gasteiger partial charge in [-0.25, -0.2) is 9.59 Å². The van der Waals surface area contributed by atoms with E-state index in [-0.39, 0.29) is 23.7 Å². The minimum absolute atomic E-state index is 0.114. The van der Waals surface area contributed by atoms with Crippen molar-refractivity contribution >= 4 is 46.8 Å². The number of esters is 1. The molecule has 0 spiro atoms. The number of rotatable bonds is 6. The Morgan fingerprint density at radius 1 is 1.15 bits per heavy atom. The van der Waals surface area contributed by atoms with Crippen LogP contribution >= 0.6 is 23.2 Å². The summed E-state index contributed by atoms with van der Waals surface area (Å²) in [5.74, 6) is -0.374. The molecule has 9 nitrogen and oxygen atoms in total. The molecule has 3 amide bonds. The van der Waals surface area contributed by atoms with Crippen LogP contribution in [0.25, 0.3) is 0 Å². The van der Waals surface area contributed by atoms with Gasteiger partial charge in [0.25, 0.3) is 0 Å². The Labute approximate surface area is 199 Å². The Hall–Kier alpha value is -3.43. The summed E-state index contributed by atoms with van der Waals surface area (Å²) < 4.78 is 15.6. The zero-order chi connectivity index (χ0) is 23.7. The van der Waals surface area contributed by atoms with E-state index < -0.39 is 23.9 Å². The first-order chi connectivity index (χ1) is 15.8. The molecule has 172 valence electrons. The first kappa shape index (κ1) is 22.8. The molecule has 0 aliphatic carbocycles. The molecule has 1 unspecified atom stereocenters.